The summed E-state index contributed by atoms with van der Waals surface area (Å²) in [5, 5.41) is 5.91. The topological polar surface area (TPSA) is 52.0 Å². The summed E-state index contributed by atoms with van der Waals surface area (Å²) >= 11 is 1.49. The predicted molar refractivity (Wildman–Crippen MR) is 138 cm³/mol. The molecule has 2 aromatic carbocycles. The first-order valence-electron chi connectivity index (χ1n) is 12.0. The molecule has 5 nitrogen and oxygen atoms in total. The van der Waals surface area contributed by atoms with Gasteiger partial charge in [0.2, 0.25) is 0 Å². The zero-order valence-corrected chi connectivity index (χ0v) is 20.5. The molecule has 4 aromatic rings. The van der Waals surface area contributed by atoms with Crippen molar-refractivity contribution in [3.05, 3.63) is 72.4 Å². The fourth-order valence-corrected chi connectivity index (χ4v) is 4.80. The van der Waals surface area contributed by atoms with E-state index in [1.807, 2.05) is 60.3 Å². The van der Waals surface area contributed by atoms with Gasteiger partial charge >= 0.3 is 0 Å². The van der Waals surface area contributed by atoms with Crippen LogP contribution in [-0.4, -0.2) is 21.1 Å². The molecule has 0 aliphatic heterocycles. The van der Waals surface area contributed by atoms with E-state index in [1.54, 1.807) is 18.6 Å². The van der Waals surface area contributed by atoms with E-state index >= 15 is 0 Å². The molecule has 0 bridgehead atoms. The summed E-state index contributed by atoms with van der Waals surface area (Å²) in [4.78, 5) is 8.73. The highest BCUT2D eigenvalue weighted by atomic mass is 32.1. The van der Waals surface area contributed by atoms with Gasteiger partial charge in [0.1, 0.15) is 0 Å². The van der Waals surface area contributed by atoms with Gasteiger partial charge in [0.25, 0.3) is 0 Å². The standard InChI is InChI=1S/C25H25FN4OS.C2H6/c26-22-14-20(8-11-24(22)31-15-18-4-2-1-3-5-18)28-25-29-23(16-32-25)19-6-9-21(10-7-19)30-13-12-27-17-30;1-2/h6-14,16-18H,1-5,15H2,(H,28,29);1-2H3. The minimum atomic E-state index is -0.349. The van der Waals surface area contributed by atoms with Gasteiger partial charge in [-0.3, -0.25) is 0 Å². The second kappa shape index (κ2) is 11.8. The number of rotatable bonds is 7. The molecule has 0 atom stereocenters. The van der Waals surface area contributed by atoms with Crippen molar-refractivity contribution in [1.82, 2.24) is 14.5 Å². The lowest BCUT2D eigenvalue weighted by Gasteiger charge is -2.21. The lowest BCUT2D eigenvalue weighted by molar-refractivity contribution is 0.202. The Morgan fingerprint density at radius 3 is 2.59 bits per heavy atom. The van der Waals surface area contributed by atoms with Crippen LogP contribution in [0.15, 0.2) is 66.6 Å². The largest absolute Gasteiger partial charge is 0.490 e. The first-order chi connectivity index (χ1) is 16.7. The van der Waals surface area contributed by atoms with Gasteiger partial charge in [0.05, 0.1) is 18.6 Å². The highest BCUT2D eigenvalue weighted by Gasteiger charge is 2.15. The summed E-state index contributed by atoms with van der Waals surface area (Å²) in [6, 6.07) is 13.1. The van der Waals surface area contributed by atoms with E-state index in [-0.39, 0.29) is 5.82 Å². The summed E-state index contributed by atoms with van der Waals surface area (Å²) in [7, 11) is 0. The van der Waals surface area contributed by atoms with Crippen LogP contribution in [0.4, 0.5) is 15.2 Å². The van der Waals surface area contributed by atoms with Crippen LogP contribution in [0.1, 0.15) is 46.0 Å². The fourth-order valence-electron chi connectivity index (χ4n) is 4.06. The third-order valence-corrected chi connectivity index (χ3v) is 6.61. The third kappa shape index (κ3) is 6.03. The molecule has 1 aliphatic carbocycles. The van der Waals surface area contributed by atoms with Gasteiger partial charge in [0, 0.05) is 40.8 Å². The van der Waals surface area contributed by atoms with E-state index in [9.17, 15) is 4.39 Å². The number of anilines is 2. The lowest BCUT2D eigenvalue weighted by Crippen LogP contribution is -2.15. The monoisotopic (exact) mass is 478 g/mol. The second-order valence-corrected chi connectivity index (χ2v) is 9.00. The molecule has 2 aromatic heterocycles. The minimum Gasteiger partial charge on any atom is -0.490 e. The Morgan fingerprint density at radius 2 is 1.88 bits per heavy atom. The van der Waals surface area contributed by atoms with E-state index in [0.717, 1.165) is 16.9 Å². The second-order valence-electron chi connectivity index (χ2n) is 8.14. The highest BCUT2D eigenvalue weighted by Crippen LogP contribution is 2.30. The van der Waals surface area contributed by atoms with Crippen molar-refractivity contribution in [3.63, 3.8) is 0 Å². The van der Waals surface area contributed by atoms with Crippen LogP contribution in [-0.2, 0) is 0 Å². The smallest absolute Gasteiger partial charge is 0.187 e. The number of ether oxygens (including phenoxy) is 1. The molecule has 1 N–H and O–H groups in total. The maximum Gasteiger partial charge on any atom is 0.187 e. The van der Waals surface area contributed by atoms with Crippen LogP contribution in [0.2, 0.25) is 0 Å². The van der Waals surface area contributed by atoms with Crippen molar-refractivity contribution >= 4 is 22.2 Å². The van der Waals surface area contributed by atoms with Crippen molar-refractivity contribution in [2.75, 3.05) is 11.9 Å². The van der Waals surface area contributed by atoms with E-state index in [1.165, 1.54) is 49.5 Å². The van der Waals surface area contributed by atoms with Gasteiger partial charge in [0.15, 0.2) is 16.7 Å². The predicted octanol–water partition coefficient (Wildman–Crippen LogP) is 7.86. The SMILES string of the molecule is CC.Fc1cc(Nc2nc(-c3ccc(-n4ccnc4)cc3)cs2)ccc1OCC1CCCCC1. The molecule has 0 amide bonds. The number of thiazole rings is 1. The molecule has 2 heterocycles. The Morgan fingerprint density at radius 1 is 1.09 bits per heavy atom. The van der Waals surface area contributed by atoms with Crippen LogP contribution < -0.4 is 10.1 Å². The Kier molecular flexibility index (Phi) is 8.31. The first kappa shape index (κ1) is 24.0. The van der Waals surface area contributed by atoms with Gasteiger partial charge in [-0.1, -0.05) is 45.2 Å². The van der Waals surface area contributed by atoms with Gasteiger partial charge in [-0.25, -0.2) is 14.4 Å². The van der Waals surface area contributed by atoms with Gasteiger partial charge < -0.3 is 14.6 Å². The molecule has 178 valence electrons. The van der Waals surface area contributed by atoms with Crippen LogP contribution in [0.25, 0.3) is 16.9 Å². The van der Waals surface area contributed by atoms with Crippen molar-refractivity contribution < 1.29 is 9.13 Å². The Labute approximate surface area is 204 Å². The van der Waals surface area contributed by atoms with Gasteiger partial charge in [-0.05, 0) is 43.0 Å². The third-order valence-electron chi connectivity index (χ3n) is 5.85. The fraction of sp³-hybridized carbons (Fsp3) is 0.333. The van der Waals surface area contributed by atoms with Crippen LogP contribution in [0, 0.1) is 11.7 Å². The number of aromatic nitrogens is 3. The maximum absolute atomic E-state index is 14.5. The molecule has 34 heavy (non-hydrogen) atoms. The van der Waals surface area contributed by atoms with Crippen molar-refractivity contribution in [3.8, 4) is 22.7 Å². The van der Waals surface area contributed by atoms with Crippen LogP contribution in [0.5, 0.6) is 5.75 Å². The highest BCUT2D eigenvalue weighted by molar-refractivity contribution is 7.14. The minimum absolute atomic E-state index is 0.318. The van der Waals surface area contributed by atoms with Crippen molar-refractivity contribution in [2.45, 2.75) is 46.0 Å². The van der Waals surface area contributed by atoms with Gasteiger partial charge in [-0.2, -0.15) is 0 Å². The molecular weight excluding hydrogens is 447 g/mol. The zero-order valence-electron chi connectivity index (χ0n) is 19.7. The van der Waals surface area contributed by atoms with Crippen LogP contribution >= 0.6 is 11.3 Å². The molecule has 0 radical (unpaired) electrons. The van der Waals surface area contributed by atoms with Crippen LogP contribution in [0.3, 0.4) is 0 Å². The first-order valence-corrected chi connectivity index (χ1v) is 12.9. The van der Waals surface area contributed by atoms with Gasteiger partial charge in [-0.15, -0.1) is 11.3 Å². The molecule has 0 saturated heterocycles. The molecule has 1 saturated carbocycles. The summed E-state index contributed by atoms with van der Waals surface area (Å²) in [6.45, 7) is 4.60. The van der Waals surface area contributed by atoms with Crippen molar-refractivity contribution in [1.29, 1.82) is 0 Å². The average molecular weight is 479 g/mol. The van der Waals surface area contributed by atoms with E-state index in [4.69, 9.17) is 4.74 Å². The average Bonchev–Trinajstić information content (AvgIpc) is 3.59. The normalized spacial score (nSPS) is 13.7. The number of imidazole rings is 1. The number of benzene rings is 2. The quantitative estimate of drug-likeness (QED) is 0.294. The number of hydrogen-bond donors (Lipinski definition) is 1. The Hall–Kier alpha value is -3.19. The van der Waals surface area contributed by atoms with E-state index in [2.05, 4.69) is 15.3 Å². The molecule has 1 fully saturated rings. The summed E-state index contributed by atoms with van der Waals surface area (Å²) in [5.74, 6) is 0.514. The molecule has 0 unspecified atom stereocenters. The number of hydrogen-bond acceptors (Lipinski definition) is 5. The Balaban J connectivity index is 0.00000133. The number of nitrogens with zero attached hydrogens (tertiary/aromatic N) is 3. The molecular formula is C27H31FN4OS. The summed E-state index contributed by atoms with van der Waals surface area (Å²) in [6.07, 6.45) is 11.6. The lowest BCUT2D eigenvalue weighted by atomic mass is 9.90. The number of halogens is 1. The maximum atomic E-state index is 14.5. The van der Waals surface area contributed by atoms with Crippen molar-refractivity contribution in [2.24, 2.45) is 5.92 Å². The summed E-state index contributed by atoms with van der Waals surface area (Å²) < 4.78 is 22.3. The Bertz CT molecular complexity index is 1150. The zero-order chi connectivity index (χ0) is 23.8. The molecule has 0 spiro atoms. The molecule has 7 heteroatoms. The molecule has 1 aliphatic rings. The van der Waals surface area contributed by atoms with E-state index in [0.29, 0.717) is 29.1 Å². The molecule has 5 rings (SSSR count). The number of nitrogens with one attached hydrogen (secondary N) is 1. The van der Waals surface area contributed by atoms with E-state index < -0.39 is 0 Å². The summed E-state index contributed by atoms with van der Waals surface area (Å²) in [5.41, 5.74) is 3.60.